The fourth-order valence-corrected chi connectivity index (χ4v) is 1.98. The molecule has 0 radical (unpaired) electrons. The summed E-state index contributed by atoms with van der Waals surface area (Å²) in [5.41, 5.74) is 2.64. The molecule has 1 aromatic heterocycles. The summed E-state index contributed by atoms with van der Waals surface area (Å²) in [4.78, 5) is 12.3. The summed E-state index contributed by atoms with van der Waals surface area (Å²) in [6, 6.07) is 17.3. The predicted molar refractivity (Wildman–Crippen MR) is 75.9 cm³/mol. The van der Waals surface area contributed by atoms with Crippen molar-refractivity contribution in [1.29, 1.82) is 0 Å². The first-order valence-electron chi connectivity index (χ1n) is 6.38. The van der Waals surface area contributed by atoms with Crippen LogP contribution < -0.4 is 5.69 Å². The molecule has 0 atom stereocenters. The lowest BCUT2D eigenvalue weighted by Gasteiger charge is -1.99. The molecule has 0 aliphatic rings. The zero-order valence-corrected chi connectivity index (χ0v) is 11.1. The molecule has 3 aromatic rings. The van der Waals surface area contributed by atoms with Gasteiger partial charge in [0.2, 0.25) is 0 Å². The minimum Gasteiger partial charge on any atom is -0.244 e. The molecule has 2 aromatic carbocycles. The lowest BCUT2D eigenvalue weighted by Crippen LogP contribution is -2.24. The third kappa shape index (κ3) is 2.38. The van der Waals surface area contributed by atoms with E-state index < -0.39 is 0 Å². The van der Waals surface area contributed by atoms with Gasteiger partial charge in [-0.25, -0.2) is 4.79 Å². The van der Waals surface area contributed by atoms with Gasteiger partial charge in [0, 0.05) is 0 Å². The van der Waals surface area contributed by atoms with Crippen LogP contribution >= 0.6 is 0 Å². The molecule has 0 aliphatic heterocycles. The van der Waals surface area contributed by atoms with E-state index in [9.17, 15) is 4.79 Å². The Hall–Kier alpha value is -2.69. The number of aromatic nitrogens is 4. The Kier molecular flexibility index (Phi) is 3.16. The van der Waals surface area contributed by atoms with Crippen LogP contribution in [0.5, 0.6) is 0 Å². The minimum absolute atomic E-state index is 0.238. The zero-order valence-electron chi connectivity index (χ0n) is 11.1. The summed E-state index contributed by atoms with van der Waals surface area (Å²) in [7, 11) is 0. The van der Waals surface area contributed by atoms with Crippen molar-refractivity contribution in [3.63, 3.8) is 0 Å². The van der Waals surface area contributed by atoms with E-state index >= 15 is 0 Å². The Morgan fingerprint density at radius 3 is 2.35 bits per heavy atom. The highest BCUT2D eigenvalue weighted by Gasteiger charge is 2.08. The number of hydrogen-bond acceptors (Lipinski definition) is 3. The molecule has 1 heterocycles. The Morgan fingerprint density at radius 1 is 0.950 bits per heavy atom. The minimum atomic E-state index is -0.238. The van der Waals surface area contributed by atoms with Gasteiger partial charge in [0.25, 0.3) is 0 Å². The number of rotatable bonds is 3. The van der Waals surface area contributed by atoms with Crippen LogP contribution in [-0.4, -0.2) is 19.8 Å². The second-order valence-electron chi connectivity index (χ2n) is 4.65. The van der Waals surface area contributed by atoms with Gasteiger partial charge >= 0.3 is 5.69 Å². The van der Waals surface area contributed by atoms with E-state index in [4.69, 9.17) is 0 Å². The molecule has 0 bridgehead atoms. The summed E-state index contributed by atoms with van der Waals surface area (Å²) in [5, 5.41) is 7.86. The number of benzene rings is 2. The van der Waals surface area contributed by atoms with E-state index in [0.717, 1.165) is 16.8 Å². The molecule has 3 rings (SSSR count). The van der Waals surface area contributed by atoms with E-state index in [-0.39, 0.29) is 5.69 Å². The van der Waals surface area contributed by atoms with Crippen molar-refractivity contribution in [2.24, 2.45) is 0 Å². The predicted octanol–water partition coefficient (Wildman–Crippen LogP) is 1.79. The van der Waals surface area contributed by atoms with Crippen LogP contribution in [0.2, 0.25) is 0 Å². The first-order chi connectivity index (χ1) is 9.74. The van der Waals surface area contributed by atoms with Crippen molar-refractivity contribution >= 4 is 0 Å². The van der Waals surface area contributed by atoms with E-state index in [1.54, 1.807) is 0 Å². The van der Waals surface area contributed by atoms with Gasteiger partial charge in [0.15, 0.2) is 0 Å². The molecular weight excluding hydrogens is 252 g/mol. The molecule has 0 saturated carbocycles. The van der Waals surface area contributed by atoms with Crippen LogP contribution in [0.3, 0.4) is 0 Å². The van der Waals surface area contributed by atoms with Gasteiger partial charge < -0.3 is 0 Å². The average molecular weight is 266 g/mol. The van der Waals surface area contributed by atoms with Crippen LogP contribution in [0.25, 0.3) is 5.69 Å². The maximum Gasteiger partial charge on any atom is 0.368 e. The molecular formula is C15H14N4O. The monoisotopic (exact) mass is 266 g/mol. The summed E-state index contributed by atoms with van der Waals surface area (Å²) in [5.74, 6) is 0. The highest BCUT2D eigenvalue weighted by molar-refractivity contribution is 5.32. The van der Waals surface area contributed by atoms with E-state index in [0.29, 0.717) is 6.54 Å². The molecule has 0 unspecified atom stereocenters. The van der Waals surface area contributed by atoms with Gasteiger partial charge in [0.05, 0.1) is 12.2 Å². The maximum atomic E-state index is 12.3. The van der Waals surface area contributed by atoms with E-state index in [1.165, 1.54) is 9.36 Å². The van der Waals surface area contributed by atoms with Gasteiger partial charge in [-0.05, 0) is 35.0 Å². The average Bonchev–Trinajstić information content (AvgIpc) is 2.83. The van der Waals surface area contributed by atoms with Crippen LogP contribution in [-0.2, 0) is 6.54 Å². The molecule has 0 aliphatic carbocycles. The number of nitrogens with zero attached hydrogens (tertiary/aromatic N) is 4. The van der Waals surface area contributed by atoms with Crippen molar-refractivity contribution in [1.82, 2.24) is 19.8 Å². The maximum absolute atomic E-state index is 12.3. The van der Waals surface area contributed by atoms with Crippen LogP contribution in [0.1, 0.15) is 11.1 Å². The molecule has 0 N–H and O–H groups in total. The fourth-order valence-electron chi connectivity index (χ4n) is 1.98. The lowest BCUT2D eigenvalue weighted by atomic mass is 10.2. The Balaban J connectivity index is 1.93. The number of hydrogen-bond donors (Lipinski definition) is 0. The van der Waals surface area contributed by atoms with Crippen LogP contribution in [0.4, 0.5) is 0 Å². The summed E-state index contributed by atoms with van der Waals surface area (Å²) in [6.45, 7) is 2.42. The molecule has 5 nitrogen and oxygen atoms in total. The largest absolute Gasteiger partial charge is 0.368 e. The quantitative estimate of drug-likeness (QED) is 0.726. The zero-order chi connectivity index (χ0) is 13.9. The molecule has 0 amide bonds. The number of aryl methyl sites for hydroxylation is 1. The summed E-state index contributed by atoms with van der Waals surface area (Å²) in [6.07, 6.45) is 0. The smallest absolute Gasteiger partial charge is 0.244 e. The third-order valence-electron chi connectivity index (χ3n) is 3.09. The van der Waals surface area contributed by atoms with Gasteiger partial charge in [-0.3, -0.25) is 0 Å². The second kappa shape index (κ2) is 5.13. The highest BCUT2D eigenvalue weighted by atomic mass is 16.2. The van der Waals surface area contributed by atoms with Crippen LogP contribution in [0, 0.1) is 6.92 Å². The summed E-state index contributed by atoms with van der Waals surface area (Å²) < 4.78 is 2.66. The molecule has 100 valence electrons. The van der Waals surface area contributed by atoms with Crippen molar-refractivity contribution in [3.8, 4) is 5.69 Å². The van der Waals surface area contributed by atoms with Crippen molar-refractivity contribution in [2.75, 3.05) is 0 Å². The standard InChI is InChI=1S/C15H14N4O/c1-12-7-9-14(10-8-12)19-15(20)18(16-17-19)11-13-5-3-2-4-6-13/h2-10H,11H2,1H3. The molecule has 0 spiro atoms. The normalized spacial score (nSPS) is 10.7. The Bertz CT molecular complexity index is 757. The van der Waals surface area contributed by atoms with Gasteiger partial charge in [0.1, 0.15) is 0 Å². The Labute approximate surface area is 116 Å². The fraction of sp³-hybridized carbons (Fsp3) is 0.133. The lowest BCUT2D eigenvalue weighted by molar-refractivity contribution is 0.632. The van der Waals surface area contributed by atoms with E-state index in [1.807, 2.05) is 61.5 Å². The first kappa shape index (κ1) is 12.3. The first-order valence-corrected chi connectivity index (χ1v) is 6.38. The molecule has 5 heteroatoms. The Morgan fingerprint density at radius 2 is 1.65 bits per heavy atom. The van der Waals surface area contributed by atoms with Gasteiger partial charge in [-0.1, -0.05) is 48.0 Å². The molecule has 20 heavy (non-hydrogen) atoms. The second-order valence-corrected chi connectivity index (χ2v) is 4.65. The topological polar surface area (TPSA) is 52.7 Å². The highest BCUT2D eigenvalue weighted by Crippen LogP contribution is 2.05. The van der Waals surface area contributed by atoms with Crippen LogP contribution in [0.15, 0.2) is 59.4 Å². The molecule has 0 fully saturated rings. The van der Waals surface area contributed by atoms with Gasteiger partial charge in [-0.15, -0.1) is 0 Å². The van der Waals surface area contributed by atoms with Crippen molar-refractivity contribution < 1.29 is 0 Å². The van der Waals surface area contributed by atoms with Crippen molar-refractivity contribution in [2.45, 2.75) is 13.5 Å². The SMILES string of the molecule is Cc1ccc(-n2nnn(Cc3ccccc3)c2=O)cc1. The summed E-state index contributed by atoms with van der Waals surface area (Å²) >= 11 is 0. The van der Waals surface area contributed by atoms with Gasteiger partial charge in [-0.2, -0.15) is 9.36 Å². The van der Waals surface area contributed by atoms with Crippen molar-refractivity contribution in [3.05, 3.63) is 76.2 Å². The third-order valence-corrected chi connectivity index (χ3v) is 3.09. The number of tetrazole rings is 1. The molecule has 0 saturated heterocycles. The van der Waals surface area contributed by atoms with E-state index in [2.05, 4.69) is 10.4 Å².